The van der Waals surface area contributed by atoms with Gasteiger partial charge in [0.25, 0.3) is 0 Å². The molecule has 0 radical (unpaired) electrons. The molecule has 1 aromatic carbocycles. The summed E-state index contributed by atoms with van der Waals surface area (Å²) in [4.78, 5) is 13.3. The average molecular weight is 297 g/mol. The van der Waals surface area contributed by atoms with Crippen molar-refractivity contribution >= 4 is 28.9 Å². The summed E-state index contributed by atoms with van der Waals surface area (Å²) in [7, 11) is 0. The third-order valence-corrected chi connectivity index (χ3v) is 3.57. The van der Waals surface area contributed by atoms with Crippen LogP contribution in [0.4, 0.5) is 0 Å². The van der Waals surface area contributed by atoms with Gasteiger partial charge in [-0.25, -0.2) is 4.79 Å². The molecule has 0 atom stereocenters. The third-order valence-electron chi connectivity index (χ3n) is 2.34. The number of esters is 1. The Morgan fingerprint density at radius 2 is 1.89 bits per heavy atom. The second-order valence-corrected chi connectivity index (χ2v) is 5.57. The molecule has 5 heteroatoms. The van der Waals surface area contributed by atoms with Crippen LogP contribution in [0.2, 0.25) is 5.02 Å². The van der Waals surface area contributed by atoms with Gasteiger partial charge in [0.1, 0.15) is 23.8 Å². The number of rotatable bonds is 5. The van der Waals surface area contributed by atoms with E-state index >= 15 is 0 Å². The summed E-state index contributed by atoms with van der Waals surface area (Å²) in [5.41, 5.74) is 0. The highest BCUT2D eigenvalue weighted by Crippen LogP contribution is 2.17. The van der Waals surface area contributed by atoms with E-state index in [0.29, 0.717) is 22.3 Å². The number of hydrogen-bond donors (Lipinski definition) is 0. The molecule has 3 nitrogen and oxygen atoms in total. The molecule has 0 saturated carbocycles. The summed E-state index contributed by atoms with van der Waals surface area (Å²) in [6.45, 7) is 2.49. The first-order chi connectivity index (χ1) is 9.15. The third kappa shape index (κ3) is 4.26. The minimum absolute atomic E-state index is 0.221. The largest absolute Gasteiger partial charge is 0.490 e. The van der Waals surface area contributed by atoms with E-state index in [1.165, 1.54) is 11.3 Å². The summed E-state index contributed by atoms with van der Waals surface area (Å²) in [6, 6.07) is 10.7. The van der Waals surface area contributed by atoms with Crippen molar-refractivity contribution in [1.82, 2.24) is 0 Å². The van der Waals surface area contributed by atoms with Gasteiger partial charge in [-0.15, -0.1) is 11.3 Å². The Hall–Kier alpha value is -1.52. The van der Waals surface area contributed by atoms with E-state index in [1.807, 2.05) is 13.0 Å². The van der Waals surface area contributed by atoms with Gasteiger partial charge in [0.15, 0.2) is 0 Å². The van der Waals surface area contributed by atoms with Crippen molar-refractivity contribution in [2.75, 3.05) is 13.2 Å². The monoisotopic (exact) mass is 296 g/mol. The Balaban J connectivity index is 1.72. The van der Waals surface area contributed by atoms with Gasteiger partial charge in [-0.3, -0.25) is 0 Å². The van der Waals surface area contributed by atoms with Crippen LogP contribution in [0.15, 0.2) is 36.4 Å². The Bertz CT molecular complexity index is 548. The van der Waals surface area contributed by atoms with E-state index in [9.17, 15) is 4.79 Å². The molecule has 100 valence electrons. The van der Waals surface area contributed by atoms with Crippen LogP contribution in [-0.2, 0) is 4.74 Å². The second-order valence-electron chi connectivity index (χ2n) is 3.85. The van der Waals surface area contributed by atoms with Crippen LogP contribution in [0, 0.1) is 6.92 Å². The maximum atomic E-state index is 11.6. The number of hydrogen-bond acceptors (Lipinski definition) is 4. The molecule has 2 aromatic rings. The molecule has 0 aliphatic rings. The summed E-state index contributed by atoms with van der Waals surface area (Å²) >= 11 is 7.18. The zero-order valence-corrected chi connectivity index (χ0v) is 12.0. The molecule has 0 aliphatic heterocycles. The average Bonchev–Trinajstić information content (AvgIpc) is 2.83. The number of carbonyl (C=O) groups excluding carboxylic acids is 1. The Morgan fingerprint density at radius 1 is 1.16 bits per heavy atom. The second kappa shape index (κ2) is 6.59. The first-order valence-corrected chi connectivity index (χ1v) is 6.96. The van der Waals surface area contributed by atoms with Crippen LogP contribution in [0.1, 0.15) is 14.5 Å². The van der Waals surface area contributed by atoms with E-state index in [2.05, 4.69) is 0 Å². The number of thiophene rings is 1. The van der Waals surface area contributed by atoms with Crippen molar-refractivity contribution in [1.29, 1.82) is 0 Å². The smallest absolute Gasteiger partial charge is 0.348 e. The molecule has 0 N–H and O–H groups in total. The minimum atomic E-state index is -0.308. The SMILES string of the molecule is Cc1ccc(C(=O)OCCOc2ccc(Cl)cc2)s1. The standard InChI is InChI=1S/C14H13ClO3S/c1-10-2-7-13(19-10)14(16)18-9-8-17-12-5-3-11(15)4-6-12/h2-7H,8-9H2,1H3. The maximum absolute atomic E-state index is 11.6. The van der Waals surface area contributed by atoms with E-state index < -0.39 is 0 Å². The van der Waals surface area contributed by atoms with Crippen molar-refractivity contribution in [2.45, 2.75) is 6.92 Å². The van der Waals surface area contributed by atoms with Crippen LogP contribution >= 0.6 is 22.9 Å². The van der Waals surface area contributed by atoms with Gasteiger partial charge in [-0.05, 0) is 43.3 Å². The predicted octanol–water partition coefficient (Wildman–Crippen LogP) is 3.95. The summed E-state index contributed by atoms with van der Waals surface area (Å²) in [5, 5.41) is 0.659. The van der Waals surface area contributed by atoms with Crippen molar-refractivity contribution in [2.24, 2.45) is 0 Å². The lowest BCUT2D eigenvalue weighted by atomic mass is 10.3. The number of halogens is 1. The van der Waals surface area contributed by atoms with Gasteiger partial charge < -0.3 is 9.47 Å². The zero-order chi connectivity index (χ0) is 13.7. The van der Waals surface area contributed by atoms with Gasteiger partial charge in [-0.1, -0.05) is 11.6 Å². The lowest BCUT2D eigenvalue weighted by molar-refractivity contribution is 0.0456. The normalized spacial score (nSPS) is 10.2. The number of aryl methyl sites for hydroxylation is 1. The molecule has 0 fully saturated rings. The zero-order valence-electron chi connectivity index (χ0n) is 10.4. The van der Waals surface area contributed by atoms with Gasteiger partial charge in [0.2, 0.25) is 0 Å². The van der Waals surface area contributed by atoms with Crippen LogP contribution < -0.4 is 4.74 Å². The maximum Gasteiger partial charge on any atom is 0.348 e. The molecule has 2 rings (SSSR count). The van der Waals surface area contributed by atoms with Crippen molar-refractivity contribution in [3.63, 3.8) is 0 Å². The van der Waals surface area contributed by atoms with Crippen molar-refractivity contribution < 1.29 is 14.3 Å². The van der Waals surface area contributed by atoms with Gasteiger partial charge >= 0.3 is 5.97 Å². The van der Waals surface area contributed by atoms with Gasteiger partial charge in [0.05, 0.1) is 0 Å². The highest BCUT2D eigenvalue weighted by Gasteiger charge is 2.08. The Labute approximate surface area is 120 Å². The van der Waals surface area contributed by atoms with E-state index in [0.717, 1.165) is 4.88 Å². The summed E-state index contributed by atoms with van der Waals surface area (Å²) in [6.07, 6.45) is 0. The molecule has 0 unspecified atom stereocenters. The number of carbonyl (C=O) groups is 1. The van der Waals surface area contributed by atoms with Crippen LogP contribution in [0.5, 0.6) is 5.75 Å². The summed E-state index contributed by atoms with van der Waals surface area (Å²) < 4.78 is 10.5. The summed E-state index contributed by atoms with van der Waals surface area (Å²) in [5.74, 6) is 0.394. The molecule has 1 heterocycles. The molecule has 0 amide bonds. The molecule has 1 aromatic heterocycles. The molecular formula is C14H13ClO3S. The minimum Gasteiger partial charge on any atom is -0.490 e. The van der Waals surface area contributed by atoms with Crippen molar-refractivity contribution in [3.8, 4) is 5.75 Å². The molecular weight excluding hydrogens is 284 g/mol. The fourth-order valence-corrected chi connectivity index (χ4v) is 2.33. The first kappa shape index (κ1) is 13.9. The molecule has 19 heavy (non-hydrogen) atoms. The van der Waals surface area contributed by atoms with Gasteiger partial charge in [-0.2, -0.15) is 0 Å². The highest BCUT2D eigenvalue weighted by atomic mass is 35.5. The lowest BCUT2D eigenvalue weighted by Gasteiger charge is -2.06. The number of ether oxygens (including phenoxy) is 2. The number of benzene rings is 1. The van der Waals surface area contributed by atoms with Crippen molar-refractivity contribution in [3.05, 3.63) is 51.2 Å². The van der Waals surface area contributed by atoms with Crippen LogP contribution in [0.25, 0.3) is 0 Å². The topological polar surface area (TPSA) is 35.5 Å². The van der Waals surface area contributed by atoms with E-state index in [1.54, 1.807) is 30.3 Å². The fourth-order valence-electron chi connectivity index (χ4n) is 1.44. The predicted molar refractivity (Wildman–Crippen MR) is 76.3 cm³/mol. The quantitative estimate of drug-likeness (QED) is 0.619. The Kier molecular flexibility index (Phi) is 4.82. The van der Waals surface area contributed by atoms with Crippen LogP contribution in [0.3, 0.4) is 0 Å². The van der Waals surface area contributed by atoms with Crippen LogP contribution in [-0.4, -0.2) is 19.2 Å². The molecule has 0 bridgehead atoms. The molecule has 0 spiro atoms. The lowest BCUT2D eigenvalue weighted by Crippen LogP contribution is -2.11. The molecule has 0 aliphatic carbocycles. The van der Waals surface area contributed by atoms with E-state index in [4.69, 9.17) is 21.1 Å². The Morgan fingerprint density at radius 3 is 2.53 bits per heavy atom. The van der Waals surface area contributed by atoms with E-state index in [-0.39, 0.29) is 12.6 Å². The molecule has 0 saturated heterocycles. The highest BCUT2D eigenvalue weighted by molar-refractivity contribution is 7.13. The first-order valence-electron chi connectivity index (χ1n) is 5.77. The van der Waals surface area contributed by atoms with Gasteiger partial charge in [0, 0.05) is 9.90 Å². The fraction of sp³-hybridized carbons (Fsp3) is 0.214.